The van der Waals surface area contributed by atoms with Crippen LogP contribution in [0.25, 0.3) is 0 Å². The Morgan fingerprint density at radius 2 is 1.33 bits per heavy atom. The van der Waals surface area contributed by atoms with Gasteiger partial charge in [0.25, 0.3) is 0 Å². The van der Waals surface area contributed by atoms with E-state index in [1.165, 1.54) is 16.6 Å². The minimum Gasteiger partial charge on any atom is -0.357 e. The molecule has 0 heterocycles. The Morgan fingerprint density at radius 3 is 1.67 bits per heavy atom. The summed E-state index contributed by atoms with van der Waals surface area (Å²) in [6, 6.07) is 0. The molecule has 0 spiro atoms. The third-order valence-electron chi connectivity index (χ3n) is 0.744. The molecule has 0 aromatic heterocycles. The molecule has 0 bridgehead atoms. The van der Waals surface area contributed by atoms with Crippen molar-refractivity contribution < 1.29 is 11.5 Å². The predicted molar refractivity (Wildman–Crippen MR) is 45.3 cm³/mol. The summed E-state index contributed by atoms with van der Waals surface area (Å²) in [6.07, 6.45) is 0. The molecule has 0 aliphatic rings. The Balaban J connectivity index is 2.60. The fourth-order valence-corrected chi connectivity index (χ4v) is 2.20. The molecule has 0 rings (SSSR count). The SMILES string of the molecule is [NH3+]CCSCSCC[NH3+]. The zero-order chi connectivity index (χ0) is 6.95. The van der Waals surface area contributed by atoms with E-state index < -0.39 is 0 Å². The van der Waals surface area contributed by atoms with Crippen molar-refractivity contribution in [1.82, 2.24) is 0 Å². The Hall–Kier alpha value is 0.620. The van der Waals surface area contributed by atoms with Crippen LogP contribution in [0.15, 0.2) is 0 Å². The average molecular weight is 168 g/mol. The van der Waals surface area contributed by atoms with Crippen LogP contribution in [0, 0.1) is 0 Å². The average Bonchev–Trinajstić information content (AvgIpc) is 1.89. The van der Waals surface area contributed by atoms with Gasteiger partial charge in [0.1, 0.15) is 0 Å². The zero-order valence-electron chi connectivity index (χ0n) is 5.77. The zero-order valence-corrected chi connectivity index (χ0v) is 7.40. The first-order chi connectivity index (χ1) is 4.41. The summed E-state index contributed by atoms with van der Waals surface area (Å²) in [5.41, 5.74) is 7.52. The van der Waals surface area contributed by atoms with E-state index in [2.05, 4.69) is 11.5 Å². The third-order valence-corrected chi connectivity index (χ3v) is 3.23. The number of hydrogen-bond donors (Lipinski definition) is 2. The Bertz CT molecular complexity index is 46.2. The van der Waals surface area contributed by atoms with E-state index in [4.69, 9.17) is 0 Å². The van der Waals surface area contributed by atoms with Gasteiger partial charge in [0.05, 0.1) is 13.1 Å². The molecular weight excluding hydrogens is 152 g/mol. The van der Waals surface area contributed by atoms with Crippen molar-refractivity contribution in [2.24, 2.45) is 0 Å². The molecule has 0 aromatic carbocycles. The molecule has 4 heteroatoms. The third kappa shape index (κ3) is 8.62. The van der Waals surface area contributed by atoms with Crippen LogP contribution in [-0.4, -0.2) is 29.7 Å². The molecule has 0 atom stereocenters. The van der Waals surface area contributed by atoms with Gasteiger partial charge in [-0.3, -0.25) is 0 Å². The molecule has 0 radical (unpaired) electrons. The van der Waals surface area contributed by atoms with Gasteiger partial charge in [0.15, 0.2) is 0 Å². The van der Waals surface area contributed by atoms with Crippen LogP contribution in [-0.2, 0) is 0 Å². The van der Waals surface area contributed by atoms with Gasteiger partial charge in [-0.25, -0.2) is 0 Å². The smallest absolute Gasteiger partial charge is 0.0832 e. The molecule has 0 saturated carbocycles. The number of quaternary nitrogens is 2. The molecule has 9 heavy (non-hydrogen) atoms. The monoisotopic (exact) mass is 168 g/mol. The second-order valence-electron chi connectivity index (χ2n) is 1.64. The van der Waals surface area contributed by atoms with Crippen molar-refractivity contribution in [2.75, 3.05) is 29.7 Å². The van der Waals surface area contributed by atoms with Crippen molar-refractivity contribution >= 4 is 23.5 Å². The summed E-state index contributed by atoms with van der Waals surface area (Å²) >= 11 is 3.93. The first kappa shape index (κ1) is 9.62. The standard InChI is InChI=1S/C5H14N2S2/c6-1-3-8-5-9-4-2-7/h1-7H2/p+2. The summed E-state index contributed by atoms with van der Waals surface area (Å²) in [7, 11) is 0. The summed E-state index contributed by atoms with van der Waals surface area (Å²) < 4.78 is 0. The van der Waals surface area contributed by atoms with Crippen LogP contribution in [0.4, 0.5) is 0 Å². The summed E-state index contributed by atoms with van der Waals surface area (Å²) in [4.78, 5) is 0. The molecule has 0 amide bonds. The normalized spacial score (nSPS) is 10.0. The highest BCUT2D eigenvalue weighted by molar-refractivity contribution is 8.15. The molecule has 0 saturated heterocycles. The highest BCUT2D eigenvalue weighted by atomic mass is 32.2. The Labute approximate surface area is 65.1 Å². The largest absolute Gasteiger partial charge is 0.357 e. The van der Waals surface area contributed by atoms with E-state index >= 15 is 0 Å². The van der Waals surface area contributed by atoms with Crippen LogP contribution in [0.5, 0.6) is 0 Å². The Kier molecular flexibility index (Phi) is 9.21. The van der Waals surface area contributed by atoms with E-state index in [1.54, 1.807) is 0 Å². The van der Waals surface area contributed by atoms with Crippen LogP contribution < -0.4 is 11.5 Å². The van der Waals surface area contributed by atoms with Crippen molar-refractivity contribution in [3.05, 3.63) is 0 Å². The van der Waals surface area contributed by atoms with Gasteiger partial charge in [0.2, 0.25) is 0 Å². The highest BCUT2D eigenvalue weighted by Crippen LogP contribution is 2.08. The van der Waals surface area contributed by atoms with Crippen LogP contribution in [0.3, 0.4) is 0 Å². The molecule has 0 aliphatic carbocycles. The lowest BCUT2D eigenvalue weighted by molar-refractivity contribution is -0.360. The number of thioether (sulfide) groups is 2. The van der Waals surface area contributed by atoms with Gasteiger partial charge in [0, 0.05) is 16.6 Å². The highest BCUT2D eigenvalue weighted by Gasteiger charge is 1.88. The summed E-state index contributed by atoms with van der Waals surface area (Å²) in [6.45, 7) is 2.10. The van der Waals surface area contributed by atoms with Crippen molar-refractivity contribution in [2.45, 2.75) is 0 Å². The van der Waals surface area contributed by atoms with Crippen LogP contribution >= 0.6 is 23.5 Å². The fraction of sp³-hybridized carbons (Fsp3) is 1.00. The second kappa shape index (κ2) is 8.62. The first-order valence-corrected chi connectivity index (χ1v) is 5.46. The van der Waals surface area contributed by atoms with Gasteiger partial charge in [-0.2, -0.15) is 0 Å². The van der Waals surface area contributed by atoms with E-state index in [-0.39, 0.29) is 0 Å². The molecule has 56 valence electrons. The summed E-state index contributed by atoms with van der Waals surface area (Å²) in [5.74, 6) is 2.40. The number of hydrogen-bond acceptors (Lipinski definition) is 2. The molecule has 0 aromatic rings. The topological polar surface area (TPSA) is 55.3 Å². The van der Waals surface area contributed by atoms with Crippen molar-refractivity contribution in [3.63, 3.8) is 0 Å². The minimum atomic E-state index is 1.05. The quantitative estimate of drug-likeness (QED) is 0.390. The number of rotatable bonds is 6. The van der Waals surface area contributed by atoms with Gasteiger partial charge in [-0.05, 0) is 0 Å². The predicted octanol–water partition coefficient (Wildman–Crippen LogP) is -1.11. The summed E-state index contributed by atoms with van der Waals surface area (Å²) in [5, 5.41) is 1.21. The molecule has 0 fully saturated rings. The van der Waals surface area contributed by atoms with Gasteiger partial charge >= 0.3 is 0 Å². The molecule has 2 nitrogen and oxygen atoms in total. The lowest BCUT2D eigenvalue weighted by atomic mass is 10.8. The van der Waals surface area contributed by atoms with Crippen molar-refractivity contribution in [1.29, 1.82) is 0 Å². The maximum Gasteiger partial charge on any atom is 0.0832 e. The lowest BCUT2D eigenvalue weighted by Gasteiger charge is -1.94. The molecule has 0 unspecified atom stereocenters. The lowest BCUT2D eigenvalue weighted by Crippen LogP contribution is -2.51. The minimum absolute atomic E-state index is 1.05. The van der Waals surface area contributed by atoms with E-state index in [1.807, 2.05) is 23.5 Å². The van der Waals surface area contributed by atoms with Crippen LogP contribution in [0.1, 0.15) is 0 Å². The second-order valence-corrected chi connectivity index (χ2v) is 4.22. The van der Waals surface area contributed by atoms with Crippen molar-refractivity contribution in [3.8, 4) is 0 Å². The van der Waals surface area contributed by atoms with E-state index in [9.17, 15) is 0 Å². The van der Waals surface area contributed by atoms with Gasteiger partial charge < -0.3 is 11.5 Å². The molecular formula is C5H16N2S2+2. The molecule has 0 aliphatic heterocycles. The first-order valence-electron chi connectivity index (χ1n) is 3.15. The van der Waals surface area contributed by atoms with Crippen LogP contribution in [0.2, 0.25) is 0 Å². The van der Waals surface area contributed by atoms with E-state index in [0.29, 0.717) is 0 Å². The van der Waals surface area contributed by atoms with Gasteiger partial charge in [-0.15, -0.1) is 23.5 Å². The van der Waals surface area contributed by atoms with Gasteiger partial charge in [-0.1, -0.05) is 0 Å². The fourth-order valence-electron chi connectivity index (χ4n) is 0.381. The molecule has 6 N–H and O–H groups in total. The maximum absolute atomic E-state index is 3.76. The maximum atomic E-state index is 3.76. The Morgan fingerprint density at radius 1 is 0.889 bits per heavy atom. The van der Waals surface area contributed by atoms with E-state index in [0.717, 1.165) is 13.1 Å².